The van der Waals surface area contributed by atoms with Crippen molar-refractivity contribution in [1.29, 1.82) is 0 Å². The Labute approximate surface area is 133 Å². The maximum absolute atomic E-state index is 12.6. The van der Waals surface area contributed by atoms with Crippen molar-refractivity contribution in [3.63, 3.8) is 0 Å². The van der Waals surface area contributed by atoms with Gasteiger partial charge in [-0.2, -0.15) is 0 Å². The molecule has 22 heavy (non-hydrogen) atoms. The normalized spacial score (nSPS) is 26.3. The van der Waals surface area contributed by atoms with Gasteiger partial charge in [-0.15, -0.1) is 0 Å². The van der Waals surface area contributed by atoms with Crippen LogP contribution in [0.4, 0.5) is 4.79 Å². The number of carbonyl (C=O) groups is 1. The molecule has 3 nitrogen and oxygen atoms in total. The van der Waals surface area contributed by atoms with Crippen LogP contribution in [-0.2, 0) is 10.2 Å². The molecule has 1 aromatic rings. The minimum Gasteiger partial charge on any atom is -0.447 e. The van der Waals surface area contributed by atoms with Crippen molar-refractivity contribution < 1.29 is 9.53 Å². The molecule has 0 radical (unpaired) electrons. The summed E-state index contributed by atoms with van der Waals surface area (Å²) in [6.07, 6.45) is 5.33. The van der Waals surface area contributed by atoms with E-state index in [2.05, 4.69) is 37.3 Å². The van der Waals surface area contributed by atoms with Gasteiger partial charge in [0.05, 0.1) is 11.6 Å². The second-order valence-electron chi connectivity index (χ2n) is 7.02. The van der Waals surface area contributed by atoms with Crippen LogP contribution in [0.5, 0.6) is 0 Å². The Morgan fingerprint density at radius 2 is 1.91 bits per heavy atom. The summed E-state index contributed by atoms with van der Waals surface area (Å²) in [5, 5.41) is 0. The van der Waals surface area contributed by atoms with Gasteiger partial charge in [-0.25, -0.2) is 4.79 Å². The maximum atomic E-state index is 12.6. The fraction of sp³-hybridized carbons (Fsp3) is 0.632. The van der Waals surface area contributed by atoms with Crippen molar-refractivity contribution in [3.8, 4) is 0 Å². The number of ether oxygens (including phenoxy) is 1. The minimum absolute atomic E-state index is 0.0606. The molecule has 1 amide bonds. The van der Waals surface area contributed by atoms with Crippen molar-refractivity contribution in [2.45, 2.75) is 69.9 Å². The Morgan fingerprint density at radius 1 is 1.23 bits per heavy atom. The number of nitrogens with zero attached hydrogens (tertiary/aromatic N) is 1. The third-order valence-electron chi connectivity index (χ3n) is 5.60. The van der Waals surface area contributed by atoms with Crippen LogP contribution in [0.15, 0.2) is 30.3 Å². The van der Waals surface area contributed by atoms with Crippen LogP contribution in [0, 0.1) is 0 Å². The van der Waals surface area contributed by atoms with Crippen molar-refractivity contribution in [1.82, 2.24) is 4.90 Å². The number of hydrogen-bond donors (Lipinski definition) is 0. The molecule has 1 aromatic carbocycles. The summed E-state index contributed by atoms with van der Waals surface area (Å²) in [4.78, 5) is 14.7. The summed E-state index contributed by atoms with van der Waals surface area (Å²) >= 11 is 0. The van der Waals surface area contributed by atoms with E-state index in [0.29, 0.717) is 0 Å². The summed E-state index contributed by atoms with van der Waals surface area (Å²) in [6, 6.07) is 10.8. The van der Waals surface area contributed by atoms with Crippen LogP contribution in [0.3, 0.4) is 0 Å². The van der Waals surface area contributed by atoms with Crippen molar-refractivity contribution in [2.24, 2.45) is 0 Å². The predicted octanol–water partition coefficient (Wildman–Crippen LogP) is 4.51. The highest BCUT2D eigenvalue weighted by Crippen LogP contribution is 2.62. The predicted molar refractivity (Wildman–Crippen MR) is 87.9 cm³/mol. The molecule has 2 aliphatic rings. The summed E-state index contributed by atoms with van der Waals surface area (Å²) in [6.45, 7) is 6.90. The van der Waals surface area contributed by atoms with Gasteiger partial charge in [0, 0.05) is 12.0 Å². The molecule has 0 N–H and O–H groups in total. The highest BCUT2D eigenvalue weighted by molar-refractivity contribution is 5.70. The molecule has 1 aliphatic heterocycles. The smallest absolute Gasteiger partial charge is 0.410 e. The van der Waals surface area contributed by atoms with Gasteiger partial charge >= 0.3 is 6.09 Å². The second kappa shape index (κ2) is 5.60. The van der Waals surface area contributed by atoms with Crippen LogP contribution < -0.4 is 0 Å². The lowest BCUT2D eigenvalue weighted by Gasteiger charge is -2.45. The summed E-state index contributed by atoms with van der Waals surface area (Å²) in [5.74, 6) is 0. The Kier molecular flexibility index (Phi) is 3.92. The molecule has 120 valence electrons. The zero-order chi connectivity index (χ0) is 15.8. The third-order valence-corrected chi connectivity index (χ3v) is 5.60. The Hall–Kier alpha value is -1.51. The van der Waals surface area contributed by atoms with E-state index in [1.807, 2.05) is 18.7 Å². The molecule has 1 saturated carbocycles. The van der Waals surface area contributed by atoms with Gasteiger partial charge in [0.25, 0.3) is 0 Å². The van der Waals surface area contributed by atoms with E-state index >= 15 is 0 Å². The van der Waals surface area contributed by atoms with E-state index in [1.54, 1.807) is 0 Å². The molecule has 0 aromatic heterocycles. The highest BCUT2D eigenvalue weighted by Gasteiger charge is 2.64. The van der Waals surface area contributed by atoms with Gasteiger partial charge in [0.2, 0.25) is 0 Å². The summed E-state index contributed by atoms with van der Waals surface area (Å²) in [5.41, 5.74) is 1.46. The molecule has 1 unspecified atom stereocenters. The first-order valence-electron chi connectivity index (χ1n) is 8.59. The lowest BCUT2D eigenvalue weighted by atomic mass is 9.72. The molecule has 2 fully saturated rings. The maximum Gasteiger partial charge on any atom is 0.410 e. The average Bonchev–Trinajstić information content (AvgIpc) is 3.21. The largest absolute Gasteiger partial charge is 0.447 e. The van der Waals surface area contributed by atoms with Crippen LogP contribution in [0.2, 0.25) is 0 Å². The van der Waals surface area contributed by atoms with Gasteiger partial charge in [0.15, 0.2) is 0 Å². The van der Waals surface area contributed by atoms with E-state index in [4.69, 9.17) is 4.74 Å². The lowest BCUT2D eigenvalue weighted by Crippen LogP contribution is -2.55. The van der Waals surface area contributed by atoms with Crippen molar-refractivity contribution in [2.75, 3.05) is 6.54 Å². The Balaban J connectivity index is 1.96. The number of rotatable bonds is 4. The van der Waals surface area contributed by atoms with Crippen molar-refractivity contribution >= 4 is 6.09 Å². The third kappa shape index (κ3) is 2.22. The molecular formula is C19H27NO2. The quantitative estimate of drug-likeness (QED) is 0.819. The number of likely N-dealkylation sites (tertiary alicyclic amines) is 1. The molecule has 1 aliphatic carbocycles. The zero-order valence-corrected chi connectivity index (χ0v) is 14.0. The number of benzene rings is 1. The van der Waals surface area contributed by atoms with Crippen molar-refractivity contribution in [3.05, 3.63) is 35.9 Å². The Morgan fingerprint density at radius 3 is 2.45 bits per heavy atom. The van der Waals surface area contributed by atoms with Crippen LogP contribution in [0.1, 0.15) is 58.4 Å². The Bertz CT molecular complexity index is 536. The lowest BCUT2D eigenvalue weighted by molar-refractivity contribution is 0.0345. The fourth-order valence-corrected chi connectivity index (χ4v) is 4.52. The first kappa shape index (κ1) is 15.4. The van der Waals surface area contributed by atoms with Crippen LogP contribution in [-0.4, -0.2) is 29.2 Å². The molecule has 3 heteroatoms. The first-order chi connectivity index (χ1) is 10.6. The number of carbonyl (C=O) groups excluding carboxylic acids is 1. The second-order valence-corrected chi connectivity index (χ2v) is 7.02. The average molecular weight is 301 g/mol. The topological polar surface area (TPSA) is 29.5 Å². The first-order valence-corrected chi connectivity index (χ1v) is 8.59. The fourth-order valence-electron chi connectivity index (χ4n) is 4.52. The van der Waals surface area contributed by atoms with Gasteiger partial charge in [-0.1, -0.05) is 37.3 Å². The minimum atomic E-state index is -0.128. The molecular weight excluding hydrogens is 274 g/mol. The van der Waals surface area contributed by atoms with Gasteiger partial charge in [-0.3, -0.25) is 0 Å². The molecule has 1 saturated heterocycles. The summed E-state index contributed by atoms with van der Waals surface area (Å²) in [7, 11) is 0. The molecule has 1 atom stereocenters. The van der Waals surface area contributed by atoms with E-state index in [-0.39, 0.29) is 23.2 Å². The van der Waals surface area contributed by atoms with Crippen LogP contribution in [0.25, 0.3) is 0 Å². The monoisotopic (exact) mass is 301 g/mol. The SMILES string of the molecule is CCC1(C2(c3ccccc3)CC2)CCCN1C(=O)OC(C)C. The van der Waals surface area contributed by atoms with Crippen LogP contribution >= 0.6 is 0 Å². The van der Waals surface area contributed by atoms with E-state index in [9.17, 15) is 4.79 Å². The van der Waals surface area contributed by atoms with E-state index in [0.717, 1.165) is 25.8 Å². The standard InChI is InChI=1S/C19H27NO2/c1-4-19(11-8-14-20(19)17(21)22-15(2)3)18(12-13-18)16-9-6-5-7-10-16/h5-7,9-10,15H,4,8,11-14H2,1-3H3. The zero-order valence-electron chi connectivity index (χ0n) is 14.0. The molecule has 0 bridgehead atoms. The van der Waals surface area contributed by atoms with Gasteiger partial charge < -0.3 is 9.64 Å². The molecule has 1 heterocycles. The summed E-state index contributed by atoms with van der Waals surface area (Å²) < 4.78 is 5.54. The van der Waals surface area contributed by atoms with Gasteiger partial charge in [-0.05, 0) is 51.5 Å². The molecule has 3 rings (SSSR count). The van der Waals surface area contributed by atoms with Gasteiger partial charge in [0.1, 0.15) is 0 Å². The number of hydrogen-bond acceptors (Lipinski definition) is 2. The molecule has 0 spiro atoms. The van der Waals surface area contributed by atoms with E-state index in [1.165, 1.54) is 18.4 Å². The number of amides is 1. The van der Waals surface area contributed by atoms with E-state index < -0.39 is 0 Å². The highest BCUT2D eigenvalue weighted by atomic mass is 16.6.